The van der Waals surface area contributed by atoms with Crippen LogP contribution < -0.4 is 0 Å². The van der Waals surface area contributed by atoms with Gasteiger partial charge in [-0.1, -0.05) is 153 Å². The first-order valence-electron chi connectivity index (χ1n) is 22.6. The average molecular weight is 834 g/mol. The summed E-state index contributed by atoms with van der Waals surface area (Å²) < 4.78 is 4.91. The van der Waals surface area contributed by atoms with E-state index in [-0.39, 0.29) is 5.41 Å². The van der Waals surface area contributed by atoms with Gasteiger partial charge in [-0.25, -0.2) is 15.0 Å². The molecule has 0 unspecified atom stereocenters. The van der Waals surface area contributed by atoms with Crippen molar-refractivity contribution in [1.29, 1.82) is 0 Å². The summed E-state index contributed by atoms with van der Waals surface area (Å²) in [5.41, 5.74) is 19.0. The second-order valence-corrected chi connectivity index (χ2v) is 17.9. The van der Waals surface area contributed by atoms with Gasteiger partial charge in [-0.2, -0.15) is 0 Å². The Balaban J connectivity index is 1.01. The van der Waals surface area contributed by atoms with E-state index in [1.165, 1.54) is 77.5 Å². The van der Waals surface area contributed by atoms with Gasteiger partial charge in [0.2, 0.25) is 0 Å². The Hall–Kier alpha value is -8.15. The molecule has 11 aromatic rings. The minimum atomic E-state index is -0.153. The zero-order chi connectivity index (χ0) is 43.2. The maximum absolute atomic E-state index is 5.11. The quantitative estimate of drug-likeness (QED) is 0.168. The molecule has 308 valence electrons. The number of fused-ring (bicyclic) bond motifs is 9. The Kier molecular flexibility index (Phi) is 8.31. The zero-order valence-electron chi connectivity index (χ0n) is 36.2. The fraction of sp³-hybridized carbons (Fsp3) is 0.0833. The lowest BCUT2D eigenvalue weighted by molar-refractivity contribution is 0.661. The van der Waals surface area contributed by atoms with E-state index in [1.807, 2.05) is 36.4 Å². The van der Waals surface area contributed by atoms with E-state index in [0.717, 1.165) is 40.7 Å². The molecule has 0 radical (unpaired) electrons. The number of rotatable bonds is 6. The first kappa shape index (κ1) is 37.4. The van der Waals surface area contributed by atoms with E-state index >= 15 is 0 Å². The van der Waals surface area contributed by atoms with Crippen LogP contribution in [0.2, 0.25) is 0 Å². The number of hydrogen-bond donors (Lipinski definition) is 0. The number of hydrogen-bond acceptors (Lipinski definition) is 3. The van der Waals surface area contributed by atoms with E-state index in [0.29, 0.717) is 17.5 Å². The Bertz CT molecular complexity index is 3670. The molecule has 5 nitrogen and oxygen atoms in total. The number of benzene rings is 8. The SMILES string of the molecule is CC1(C)c2ccccc2-c2cc3c4cc(-c5ccc6c(c5)c5c(n6-c6ccccc6)CCC=C5)ccc4n(-c4cccc(-c5nc(-c6ccccc6)nc(-c6ccccc6)n5)c4)c3cc21. The number of aromatic nitrogens is 5. The topological polar surface area (TPSA) is 48.5 Å². The molecule has 13 rings (SSSR count). The predicted octanol–water partition coefficient (Wildman–Crippen LogP) is 14.8. The smallest absolute Gasteiger partial charge is 0.164 e. The van der Waals surface area contributed by atoms with E-state index in [1.54, 1.807) is 0 Å². The lowest BCUT2D eigenvalue weighted by Crippen LogP contribution is -2.14. The van der Waals surface area contributed by atoms with Gasteiger partial charge in [-0.15, -0.1) is 0 Å². The number of para-hydroxylation sites is 1. The molecule has 0 saturated carbocycles. The van der Waals surface area contributed by atoms with Crippen LogP contribution in [0.5, 0.6) is 0 Å². The van der Waals surface area contributed by atoms with Crippen LogP contribution in [0.25, 0.3) is 107 Å². The molecule has 2 aliphatic rings. The summed E-state index contributed by atoms with van der Waals surface area (Å²) in [6, 6.07) is 67.7. The third-order valence-electron chi connectivity index (χ3n) is 13.8. The van der Waals surface area contributed by atoms with Crippen molar-refractivity contribution >= 4 is 38.8 Å². The lowest BCUT2D eigenvalue weighted by Gasteiger charge is -2.21. The van der Waals surface area contributed by atoms with Crippen molar-refractivity contribution in [3.63, 3.8) is 0 Å². The second-order valence-electron chi connectivity index (χ2n) is 17.9. The molecule has 0 bridgehead atoms. The second kappa shape index (κ2) is 14.4. The average Bonchev–Trinajstić information content (AvgIpc) is 3.96. The summed E-state index contributed by atoms with van der Waals surface area (Å²) in [5.74, 6) is 1.93. The monoisotopic (exact) mass is 833 g/mol. The highest BCUT2D eigenvalue weighted by atomic mass is 15.0. The van der Waals surface area contributed by atoms with Crippen molar-refractivity contribution in [2.24, 2.45) is 0 Å². The van der Waals surface area contributed by atoms with Crippen molar-refractivity contribution in [2.75, 3.05) is 0 Å². The third-order valence-corrected chi connectivity index (χ3v) is 13.8. The largest absolute Gasteiger partial charge is 0.313 e. The van der Waals surface area contributed by atoms with E-state index in [4.69, 9.17) is 15.0 Å². The van der Waals surface area contributed by atoms with Gasteiger partial charge in [0, 0.05) is 60.9 Å². The molecule has 65 heavy (non-hydrogen) atoms. The van der Waals surface area contributed by atoms with Gasteiger partial charge in [-0.3, -0.25) is 0 Å². The molecular weight excluding hydrogens is 791 g/mol. The molecule has 0 aliphatic heterocycles. The molecule has 0 amide bonds. The van der Waals surface area contributed by atoms with E-state index in [9.17, 15) is 0 Å². The van der Waals surface area contributed by atoms with Crippen LogP contribution in [0.3, 0.4) is 0 Å². The van der Waals surface area contributed by atoms with Crippen molar-refractivity contribution in [2.45, 2.75) is 32.1 Å². The van der Waals surface area contributed by atoms with Crippen LogP contribution in [0, 0.1) is 0 Å². The minimum Gasteiger partial charge on any atom is -0.313 e. The van der Waals surface area contributed by atoms with Crippen molar-refractivity contribution in [3.05, 3.63) is 217 Å². The maximum atomic E-state index is 5.11. The molecule has 0 N–H and O–H groups in total. The van der Waals surface area contributed by atoms with Gasteiger partial charge in [0.05, 0.1) is 16.6 Å². The fourth-order valence-corrected chi connectivity index (χ4v) is 10.7. The Morgan fingerprint density at radius 3 is 1.69 bits per heavy atom. The number of nitrogens with zero attached hydrogens (tertiary/aromatic N) is 5. The van der Waals surface area contributed by atoms with Gasteiger partial charge < -0.3 is 9.13 Å². The van der Waals surface area contributed by atoms with Crippen molar-refractivity contribution < 1.29 is 0 Å². The fourth-order valence-electron chi connectivity index (χ4n) is 10.7. The summed E-state index contributed by atoms with van der Waals surface area (Å²) in [4.78, 5) is 15.2. The molecule has 0 atom stereocenters. The molecule has 5 heteroatoms. The van der Waals surface area contributed by atoms with Crippen LogP contribution in [0.15, 0.2) is 194 Å². The van der Waals surface area contributed by atoms with Crippen LogP contribution in [-0.4, -0.2) is 24.1 Å². The van der Waals surface area contributed by atoms with Crippen molar-refractivity contribution in [1.82, 2.24) is 24.1 Å². The summed E-state index contributed by atoms with van der Waals surface area (Å²) in [6.07, 6.45) is 6.73. The third kappa shape index (κ3) is 5.89. The number of allylic oxidation sites excluding steroid dienone is 1. The summed E-state index contributed by atoms with van der Waals surface area (Å²) in [7, 11) is 0. The van der Waals surface area contributed by atoms with Crippen LogP contribution in [0.1, 0.15) is 42.7 Å². The summed E-state index contributed by atoms with van der Waals surface area (Å²) in [6.45, 7) is 4.72. The first-order chi connectivity index (χ1) is 32.0. The molecule has 3 heterocycles. The highest BCUT2D eigenvalue weighted by molar-refractivity contribution is 6.13. The summed E-state index contributed by atoms with van der Waals surface area (Å²) >= 11 is 0. The van der Waals surface area contributed by atoms with Gasteiger partial charge >= 0.3 is 0 Å². The molecule has 3 aromatic heterocycles. The van der Waals surface area contributed by atoms with Crippen molar-refractivity contribution in [3.8, 4) is 67.8 Å². The standard InChI is InChI=1S/C60H43N5/c1-60(2)51-27-14-12-25-45(51)47-36-50-49-35-41(40-29-31-54-48(34-40)46-26-13-15-28-53(46)64(54)43-22-10-5-11-23-43)30-32-55(49)65(56(50)37-52(47)60)44-24-16-21-42(33-44)59-62-57(38-17-6-3-7-18-38)61-58(63-59)39-19-8-4-9-20-39/h3-14,16-27,29-37H,15,28H2,1-2H3. The van der Waals surface area contributed by atoms with Crippen LogP contribution >= 0.6 is 0 Å². The highest BCUT2D eigenvalue weighted by Gasteiger charge is 2.36. The van der Waals surface area contributed by atoms with E-state index < -0.39 is 0 Å². The van der Waals surface area contributed by atoms with Crippen LogP contribution in [0.4, 0.5) is 0 Å². The predicted molar refractivity (Wildman–Crippen MR) is 268 cm³/mol. The Labute approximate surface area is 377 Å². The molecule has 0 saturated heterocycles. The molecule has 2 aliphatic carbocycles. The first-order valence-corrected chi connectivity index (χ1v) is 22.6. The maximum Gasteiger partial charge on any atom is 0.164 e. The van der Waals surface area contributed by atoms with Gasteiger partial charge in [-0.05, 0) is 107 Å². The normalized spacial score (nSPS) is 13.6. The van der Waals surface area contributed by atoms with Gasteiger partial charge in [0.1, 0.15) is 0 Å². The Morgan fingerprint density at radius 1 is 0.415 bits per heavy atom. The zero-order valence-corrected chi connectivity index (χ0v) is 36.2. The lowest BCUT2D eigenvalue weighted by atomic mass is 9.82. The molecule has 0 fully saturated rings. The van der Waals surface area contributed by atoms with E-state index in [2.05, 4.69) is 187 Å². The molecule has 8 aromatic carbocycles. The minimum absolute atomic E-state index is 0.153. The summed E-state index contributed by atoms with van der Waals surface area (Å²) in [5, 5.41) is 3.74. The highest BCUT2D eigenvalue weighted by Crippen LogP contribution is 2.51. The van der Waals surface area contributed by atoms with Gasteiger partial charge in [0.15, 0.2) is 17.5 Å². The molecular formula is C60H43N5. The Morgan fingerprint density at radius 2 is 0.985 bits per heavy atom. The van der Waals surface area contributed by atoms with Crippen LogP contribution in [-0.2, 0) is 11.8 Å². The molecule has 0 spiro atoms. The van der Waals surface area contributed by atoms with Gasteiger partial charge in [0.25, 0.3) is 0 Å².